The lowest BCUT2D eigenvalue weighted by molar-refractivity contribution is 0.669. The average molecular weight is 624 g/mol. The second-order valence-corrected chi connectivity index (χ2v) is 10.3. The molecular weight excluding hydrogens is 569 g/mol. The largest absolute Gasteiger partial charge is 0.456 e. The maximum absolute atomic E-state index is 9.86. The molecule has 0 N–H and O–H groups in total. The molecule has 1 heterocycles. The standard InChI is InChI=1S/C46H28O/c1-2-12-29(13-3-1)33-23-24-40(35-17-7-6-16-34(33)35)46-38-20-10-8-18-36(38)45(37-19-9-11-21-39(37)46)32-22-25-43-41(27-32)42-26-30-14-4-5-15-31(30)28-44(42)47-43/h1-28H/i1D,2D,3D,4D,5D,6D,7D,8D,9D,10D,11D,12D,13D,14D,15D,16D,17D,18D,19D,20D,22D,23D,24D,25D,26D,27D,28D. The Morgan fingerprint density at radius 1 is 0.340 bits per heavy atom. The summed E-state index contributed by atoms with van der Waals surface area (Å²) in [6.45, 7) is 0. The average Bonchev–Trinajstić information content (AvgIpc) is 3.79. The molecular formula is C46H28O. The molecule has 47 heavy (non-hydrogen) atoms. The van der Waals surface area contributed by atoms with Crippen LogP contribution in [0.4, 0.5) is 0 Å². The lowest BCUT2D eigenvalue weighted by Gasteiger charge is -2.19. The van der Waals surface area contributed by atoms with Crippen LogP contribution in [0.5, 0.6) is 0 Å². The van der Waals surface area contributed by atoms with E-state index in [1.165, 1.54) is 0 Å². The molecule has 0 aliphatic carbocycles. The van der Waals surface area contributed by atoms with E-state index in [9.17, 15) is 15.1 Å². The molecule has 0 spiro atoms. The topological polar surface area (TPSA) is 13.1 Å². The molecule has 0 saturated carbocycles. The highest BCUT2D eigenvalue weighted by Crippen LogP contribution is 2.47. The highest BCUT2D eigenvalue weighted by molar-refractivity contribution is 6.24. The number of hydrogen-bond acceptors (Lipinski definition) is 1. The smallest absolute Gasteiger partial charge is 0.136 e. The zero-order valence-electron chi connectivity index (χ0n) is 50.5. The van der Waals surface area contributed by atoms with E-state index in [0.29, 0.717) is 0 Å². The van der Waals surface area contributed by atoms with E-state index in [0.717, 1.165) is 6.07 Å². The van der Waals surface area contributed by atoms with Crippen molar-refractivity contribution >= 4 is 65.0 Å². The number of benzene rings is 9. The molecule has 1 aromatic heterocycles. The van der Waals surface area contributed by atoms with Gasteiger partial charge in [-0.25, -0.2) is 0 Å². The maximum atomic E-state index is 9.86. The van der Waals surface area contributed by atoms with Crippen molar-refractivity contribution in [3.8, 4) is 33.4 Å². The fourth-order valence-corrected chi connectivity index (χ4v) is 5.87. The van der Waals surface area contributed by atoms with Crippen molar-refractivity contribution in [3.05, 3.63) is 169 Å². The Hall–Kier alpha value is -6.18. The van der Waals surface area contributed by atoms with Crippen LogP contribution in [-0.4, -0.2) is 0 Å². The summed E-state index contributed by atoms with van der Waals surface area (Å²) < 4.78 is 249. The van der Waals surface area contributed by atoms with Gasteiger partial charge in [0, 0.05) is 10.8 Å². The Labute approximate surface area is 309 Å². The van der Waals surface area contributed by atoms with Gasteiger partial charge >= 0.3 is 0 Å². The normalized spacial score (nSPS) is 19.9. The highest BCUT2D eigenvalue weighted by atomic mass is 16.3. The van der Waals surface area contributed by atoms with Gasteiger partial charge in [0.1, 0.15) is 11.2 Å². The van der Waals surface area contributed by atoms with Gasteiger partial charge in [0.15, 0.2) is 0 Å². The van der Waals surface area contributed by atoms with E-state index in [4.69, 9.17) is 26.3 Å². The molecule has 1 heteroatoms. The Bertz CT molecular complexity index is 4360. The molecule has 0 aliphatic heterocycles. The molecule has 10 rings (SSSR count). The predicted molar refractivity (Wildman–Crippen MR) is 200 cm³/mol. The van der Waals surface area contributed by atoms with Crippen molar-refractivity contribution < 1.29 is 41.4 Å². The van der Waals surface area contributed by atoms with Gasteiger partial charge in [0.25, 0.3) is 0 Å². The summed E-state index contributed by atoms with van der Waals surface area (Å²) in [5, 5.41) is -5.60. The van der Waals surface area contributed by atoms with Crippen molar-refractivity contribution in [1.29, 1.82) is 0 Å². The van der Waals surface area contributed by atoms with Crippen LogP contribution in [0.3, 0.4) is 0 Å². The second kappa shape index (κ2) is 10.2. The third kappa shape index (κ3) is 3.97. The van der Waals surface area contributed by atoms with Crippen LogP contribution in [0.25, 0.3) is 98.4 Å². The van der Waals surface area contributed by atoms with Crippen LogP contribution in [0.15, 0.2) is 174 Å². The van der Waals surface area contributed by atoms with Crippen molar-refractivity contribution in [1.82, 2.24) is 0 Å². The Morgan fingerprint density at radius 2 is 0.915 bits per heavy atom. The van der Waals surface area contributed by atoms with E-state index < -0.39 is 262 Å². The van der Waals surface area contributed by atoms with Crippen molar-refractivity contribution in [2.24, 2.45) is 0 Å². The quantitative estimate of drug-likeness (QED) is 0.178. The third-order valence-corrected chi connectivity index (χ3v) is 7.84. The summed E-state index contributed by atoms with van der Waals surface area (Å²) in [5.74, 6) is 0. The molecule has 9 aromatic carbocycles. The Morgan fingerprint density at radius 3 is 1.70 bits per heavy atom. The minimum absolute atomic E-state index is 0.433. The minimum Gasteiger partial charge on any atom is -0.456 e. The van der Waals surface area contributed by atoms with E-state index in [1.54, 1.807) is 0 Å². The first-order valence-corrected chi connectivity index (χ1v) is 14.0. The molecule has 218 valence electrons. The van der Waals surface area contributed by atoms with Crippen molar-refractivity contribution in [2.75, 3.05) is 0 Å². The van der Waals surface area contributed by atoms with Crippen LogP contribution in [0.1, 0.15) is 37.0 Å². The summed E-state index contributed by atoms with van der Waals surface area (Å²) in [4.78, 5) is 0. The lowest BCUT2D eigenvalue weighted by atomic mass is 9.83. The van der Waals surface area contributed by atoms with Crippen LogP contribution in [0, 0.1) is 0 Å². The van der Waals surface area contributed by atoms with Crippen LogP contribution in [-0.2, 0) is 0 Å². The van der Waals surface area contributed by atoms with Crippen LogP contribution in [0.2, 0.25) is 0 Å². The fourth-order valence-electron chi connectivity index (χ4n) is 5.87. The van der Waals surface area contributed by atoms with E-state index in [2.05, 4.69) is 0 Å². The zero-order valence-corrected chi connectivity index (χ0v) is 23.5. The molecule has 0 fully saturated rings. The van der Waals surface area contributed by atoms with Gasteiger partial charge < -0.3 is 4.42 Å². The van der Waals surface area contributed by atoms with Gasteiger partial charge in [-0.2, -0.15) is 0 Å². The van der Waals surface area contributed by atoms with Crippen molar-refractivity contribution in [2.45, 2.75) is 0 Å². The maximum Gasteiger partial charge on any atom is 0.136 e. The molecule has 10 aromatic rings. The molecule has 0 saturated heterocycles. The fraction of sp³-hybridized carbons (Fsp3) is 0. The molecule has 1 nitrogen and oxygen atoms in total. The molecule has 0 radical (unpaired) electrons. The molecule has 0 atom stereocenters. The summed E-state index contributed by atoms with van der Waals surface area (Å²) in [6.07, 6.45) is 0. The molecule has 0 amide bonds. The SMILES string of the molecule is [2H]c1cc2c(-c3c([2H])c([2H])c(-c4c([2H])c([2H])c([2H])c([2H])c4[2H])c4c([2H])c([2H])c([2H])c([2H])c34)c3c([2H])c([2H])c([2H])c([2H])c3c(-c3c([2H])c([2H])c4oc5c([2H])c6c([2H])c([2H])c([2H])c([2H])c6c([2H])c5c4c3[2H])c2c([2H])c1[2H]. The number of rotatable bonds is 3. The number of hydrogen-bond donors (Lipinski definition) is 0. The summed E-state index contributed by atoms with van der Waals surface area (Å²) >= 11 is 0. The van der Waals surface area contributed by atoms with Crippen LogP contribution < -0.4 is 0 Å². The van der Waals surface area contributed by atoms with E-state index in [1.807, 2.05) is 0 Å². The van der Waals surface area contributed by atoms with Gasteiger partial charge in [-0.15, -0.1) is 0 Å². The first-order chi connectivity index (χ1) is 34.6. The molecule has 0 unspecified atom stereocenters. The monoisotopic (exact) mass is 623 g/mol. The predicted octanol–water partition coefficient (Wildman–Crippen LogP) is 13.2. The molecule has 0 aliphatic rings. The second-order valence-electron chi connectivity index (χ2n) is 10.3. The van der Waals surface area contributed by atoms with Crippen LogP contribution >= 0.6 is 0 Å². The Balaban J connectivity index is 1.51. The summed E-state index contributed by atoms with van der Waals surface area (Å²) in [7, 11) is 0. The minimum atomic E-state index is -1.01. The van der Waals surface area contributed by atoms with Crippen molar-refractivity contribution in [3.63, 3.8) is 0 Å². The summed E-state index contributed by atoms with van der Waals surface area (Å²) in [5.41, 5.74) is -5.19. The lowest BCUT2D eigenvalue weighted by Crippen LogP contribution is -1.92. The number of furan rings is 1. The number of fused-ring (bicyclic) bond motifs is 7. The first-order valence-electron chi connectivity index (χ1n) is 27.5. The van der Waals surface area contributed by atoms with E-state index >= 15 is 0 Å². The van der Waals surface area contributed by atoms with E-state index in [-0.39, 0.29) is 0 Å². The highest BCUT2D eigenvalue weighted by Gasteiger charge is 2.20. The molecule has 0 bridgehead atoms. The third-order valence-electron chi connectivity index (χ3n) is 7.84. The van der Waals surface area contributed by atoms with Gasteiger partial charge in [0.2, 0.25) is 0 Å². The van der Waals surface area contributed by atoms with Gasteiger partial charge in [-0.1, -0.05) is 145 Å². The first kappa shape index (κ1) is 11.0. The zero-order chi connectivity index (χ0) is 54.4. The van der Waals surface area contributed by atoms with Gasteiger partial charge in [-0.3, -0.25) is 0 Å². The van der Waals surface area contributed by atoms with Gasteiger partial charge in [-0.05, 0) is 101 Å². The summed E-state index contributed by atoms with van der Waals surface area (Å²) in [6, 6.07) is -22.6. The Kier molecular flexibility index (Phi) is 2.37. The van der Waals surface area contributed by atoms with Gasteiger partial charge in [0.05, 0.1) is 37.0 Å².